The van der Waals surface area contributed by atoms with Crippen molar-refractivity contribution in [3.8, 4) is 5.75 Å². The molecular formula is C18H19ClN2O. The maximum atomic E-state index is 6.13. The Morgan fingerprint density at radius 2 is 2.09 bits per heavy atom. The number of aromatic nitrogens is 1. The fraction of sp³-hybridized carbons (Fsp3) is 0.222. The minimum atomic E-state index is 0.235. The molecule has 3 nitrogen and oxygen atoms in total. The quantitative estimate of drug-likeness (QED) is 0.744. The Labute approximate surface area is 135 Å². The molecule has 1 atom stereocenters. The van der Waals surface area contributed by atoms with E-state index in [2.05, 4.69) is 17.1 Å². The van der Waals surface area contributed by atoms with Gasteiger partial charge in [-0.1, -0.05) is 23.7 Å². The molecule has 0 bridgehead atoms. The van der Waals surface area contributed by atoms with Crippen molar-refractivity contribution >= 4 is 22.5 Å². The number of ether oxygens (including phenoxy) is 1. The summed E-state index contributed by atoms with van der Waals surface area (Å²) in [5.41, 5.74) is 9.54. The Balaban J connectivity index is 1.94. The Morgan fingerprint density at radius 1 is 1.23 bits per heavy atom. The van der Waals surface area contributed by atoms with Crippen LogP contribution >= 0.6 is 11.6 Å². The predicted molar refractivity (Wildman–Crippen MR) is 91.8 cm³/mol. The van der Waals surface area contributed by atoms with Crippen LogP contribution in [-0.2, 0) is 6.42 Å². The SMILES string of the molecule is COc1cccc(CC(CN)c2c[nH]c3ccc(Cl)cc23)c1. The zero-order valence-corrected chi connectivity index (χ0v) is 13.2. The minimum Gasteiger partial charge on any atom is -0.497 e. The first-order chi connectivity index (χ1) is 10.7. The highest BCUT2D eigenvalue weighted by Crippen LogP contribution is 2.30. The third-order valence-electron chi connectivity index (χ3n) is 4.02. The van der Waals surface area contributed by atoms with Crippen LogP contribution in [0, 0.1) is 0 Å². The molecule has 1 unspecified atom stereocenters. The van der Waals surface area contributed by atoms with Gasteiger partial charge >= 0.3 is 0 Å². The number of fused-ring (bicyclic) bond motifs is 1. The van der Waals surface area contributed by atoms with Gasteiger partial charge in [-0.15, -0.1) is 0 Å². The summed E-state index contributed by atoms with van der Waals surface area (Å²) in [5.74, 6) is 1.11. The minimum absolute atomic E-state index is 0.235. The van der Waals surface area contributed by atoms with E-state index in [1.807, 2.05) is 36.5 Å². The molecule has 0 spiro atoms. The molecule has 3 rings (SSSR count). The van der Waals surface area contributed by atoms with E-state index in [0.717, 1.165) is 28.1 Å². The highest BCUT2D eigenvalue weighted by molar-refractivity contribution is 6.31. The third kappa shape index (κ3) is 2.96. The molecule has 3 N–H and O–H groups in total. The molecule has 114 valence electrons. The van der Waals surface area contributed by atoms with Gasteiger partial charge < -0.3 is 15.5 Å². The highest BCUT2D eigenvalue weighted by Gasteiger charge is 2.16. The van der Waals surface area contributed by atoms with Crippen molar-refractivity contribution < 1.29 is 4.74 Å². The van der Waals surface area contributed by atoms with Gasteiger partial charge in [0, 0.05) is 28.0 Å². The number of rotatable bonds is 5. The van der Waals surface area contributed by atoms with Crippen LogP contribution in [0.5, 0.6) is 5.75 Å². The number of methoxy groups -OCH3 is 1. The van der Waals surface area contributed by atoms with Crippen LogP contribution in [0.2, 0.25) is 5.02 Å². The van der Waals surface area contributed by atoms with Gasteiger partial charge in [0.1, 0.15) is 5.75 Å². The monoisotopic (exact) mass is 314 g/mol. The van der Waals surface area contributed by atoms with Gasteiger partial charge in [-0.3, -0.25) is 0 Å². The van der Waals surface area contributed by atoms with Gasteiger partial charge in [0.05, 0.1) is 7.11 Å². The lowest BCUT2D eigenvalue weighted by Crippen LogP contribution is -2.14. The van der Waals surface area contributed by atoms with E-state index in [4.69, 9.17) is 22.1 Å². The molecule has 4 heteroatoms. The van der Waals surface area contributed by atoms with Crippen LogP contribution in [0.4, 0.5) is 0 Å². The van der Waals surface area contributed by atoms with Gasteiger partial charge in [0.2, 0.25) is 0 Å². The van der Waals surface area contributed by atoms with Crippen molar-refractivity contribution in [3.05, 3.63) is 64.8 Å². The van der Waals surface area contributed by atoms with Crippen molar-refractivity contribution in [3.63, 3.8) is 0 Å². The maximum absolute atomic E-state index is 6.13. The van der Waals surface area contributed by atoms with Gasteiger partial charge in [-0.2, -0.15) is 0 Å². The maximum Gasteiger partial charge on any atom is 0.119 e. The molecule has 1 heterocycles. The number of benzene rings is 2. The lowest BCUT2D eigenvalue weighted by Gasteiger charge is -2.15. The number of hydrogen-bond acceptors (Lipinski definition) is 2. The Bertz CT molecular complexity index is 782. The zero-order chi connectivity index (χ0) is 15.5. The first kappa shape index (κ1) is 14.9. The Kier molecular flexibility index (Phi) is 4.36. The molecule has 0 aliphatic carbocycles. The largest absolute Gasteiger partial charge is 0.497 e. The summed E-state index contributed by atoms with van der Waals surface area (Å²) in [4.78, 5) is 3.30. The van der Waals surface area contributed by atoms with E-state index >= 15 is 0 Å². The molecule has 0 aliphatic rings. The van der Waals surface area contributed by atoms with Crippen molar-refractivity contribution in [2.45, 2.75) is 12.3 Å². The van der Waals surface area contributed by atoms with Crippen LogP contribution in [0.15, 0.2) is 48.7 Å². The van der Waals surface area contributed by atoms with Crippen LogP contribution in [0.25, 0.3) is 10.9 Å². The first-order valence-electron chi connectivity index (χ1n) is 7.31. The molecule has 0 radical (unpaired) electrons. The summed E-state index contributed by atoms with van der Waals surface area (Å²) in [5, 5.41) is 1.89. The van der Waals surface area contributed by atoms with E-state index in [9.17, 15) is 0 Å². The van der Waals surface area contributed by atoms with Crippen LogP contribution in [-0.4, -0.2) is 18.6 Å². The number of nitrogens with two attached hydrogens (primary N) is 1. The van der Waals surface area contributed by atoms with Crippen LogP contribution in [0.1, 0.15) is 17.0 Å². The summed E-state index contributed by atoms with van der Waals surface area (Å²) in [6.45, 7) is 0.580. The normalized spacial score (nSPS) is 12.5. The molecule has 2 aromatic carbocycles. The number of hydrogen-bond donors (Lipinski definition) is 2. The summed E-state index contributed by atoms with van der Waals surface area (Å²) in [6.07, 6.45) is 2.91. The summed E-state index contributed by atoms with van der Waals surface area (Å²) < 4.78 is 5.29. The lowest BCUT2D eigenvalue weighted by molar-refractivity contribution is 0.414. The highest BCUT2D eigenvalue weighted by atomic mass is 35.5. The predicted octanol–water partition coefficient (Wildman–Crippen LogP) is 4.11. The fourth-order valence-corrected chi connectivity index (χ4v) is 3.03. The molecule has 3 aromatic rings. The summed E-state index contributed by atoms with van der Waals surface area (Å²) >= 11 is 6.13. The number of halogens is 1. The second-order valence-corrected chi connectivity index (χ2v) is 5.86. The average Bonchev–Trinajstić information content (AvgIpc) is 2.95. The van der Waals surface area contributed by atoms with E-state index in [1.165, 1.54) is 11.1 Å². The summed E-state index contributed by atoms with van der Waals surface area (Å²) in [7, 11) is 1.68. The van der Waals surface area contributed by atoms with Crippen molar-refractivity contribution in [1.82, 2.24) is 4.98 Å². The summed E-state index contributed by atoms with van der Waals surface area (Å²) in [6, 6.07) is 14.0. The third-order valence-corrected chi connectivity index (χ3v) is 4.25. The zero-order valence-electron chi connectivity index (χ0n) is 12.5. The van der Waals surface area contributed by atoms with Crippen LogP contribution < -0.4 is 10.5 Å². The van der Waals surface area contributed by atoms with Crippen molar-refractivity contribution in [2.75, 3.05) is 13.7 Å². The number of nitrogens with one attached hydrogen (secondary N) is 1. The second-order valence-electron chi connectivity index (χ2n) is 5.42. The molecule has 0 saturated heterocycles. The molecule has 22 heavy (non-hydrogen) atoms. The Morgan fingerprint density at radius 3 is 2.86 bits per heavy atom. The average molecular weight is 315 g/mol. The Hall–Kier alpha value is -1.97. The van der Waals surface area contributed by atoms with E-state index in [0.29, 0.717) is 6.54 Å². The van der Waals surface area contributed by atoms with E-state index in [1.54, 1.807) is 7.11 Å². The van der Waals surface area contributed by atoms with Crippen molar-refractivity contribution in [2.24, 2.45) is 5.73 Å². The van der Waals surface area contributed by atoms with Gasteiger partial charge in [-0.05, 0) is 54.4 Å². The number of H-pyrrole nitrogens is 1. The smallest absolute Gasteiger partial charge is 0.119 e. The molecule has 0 aliphatic heterocycles. The van der Waals surface area contributed by atoms with E-state index in [-0.39, 0.29) is 5.92 Å². The molecular weight excluding hydrogens is 296 g/mol. The van der Waals surface area contributed by atoms with Gasteiger partial charge in [-0.25, -0.2) is 0 Å². The lowest BCUT2D eigenvalue weighted by atomic mass is 9.91. The standard InChI is InChI=1S/C18H19ClN2O/c1-22-15-4-2-3-12(8-15)7-13(10-20)17-11-21-18-6-5-14(19)9-16(17)18/h2-6,8-9,11,13,21H,7,10,20H2,1H3. The van der Waals surface area contributed by atoms with Crippen LogP contribution in [0.3, 0.4) is 0 Å². The van der Waals surface area contributed by atoms with Gasteiger partial charge in [0.25, 0.3) is 0 Å². The topological polar surface area (TPSA) is 51.0 Å². The van der Waals surface area contributed by atoms with Gasteiger partial charge in [0.15, 0.2) is 0 Å². The molecule has 0 amide bonds. The molecule has 0 saturated carbocycles. The van der Waals surface area contributed by atoms with E-state index < -0.39 is 0 Å². The number of aromatic amines is 1. The second kappa shape index (κ2) is 6.42. The molecule has 0 fully saturated rings. The van der Waals surface area contributed by atoms with Crippen molar-refractivity contribution in [1.29, 1.82) is 0 Å². The molecule has 1 aromatic heterocycles. The first-order valence-corrected chi connectivity index (χ1v) is 7.68. The fourth-order valence-electron chi connectivity index (χ4n) is 2.86.